The molecule has 1 aromatic carbocycles. The molecule has 122 valence electrons. The maximum absolute atomic E-state index is 12.8. The van der Waals surface area contributed by atoms with Gasteiger partial charge in [0.15, 0.2) is 0 Å². The molecule has 1 N–H and O–H groups in total. The average molecular weight is 324 g/mol. The number of hydrogen-bond acceptors (Lipinski definition) is 3. The molecule has 2 rings (SSSR count). The Morgan fingerprint density at radius 1 is 1.32 bits per heavy atom. The minimum absolute atomic E-state index is 0.0224. The predicted molar refractivity (Wildman–Crippen MR) is 88.3 cm³/mol. The molecule has 22 heavy (non-hydrogen) atoms. The molecule has 1 heterocycles. The van der Waals surface area contributed by atoms with Crippen LogP contribution in [0.25, 0.3) is 0 Å². The summed E-state index contributed by atoms with van der Waals surface area (Å²) < 4.78 is 26.3. The lowest BCUT2D eigenvalue weighted by Crippen LogP contribution is -2.49. The SMILES string of the molecule is CCS(=O)(=O)N[C@H](CC(C)C)C(=O)N1CCc2ccccc21. The Morgan fingerprint density at radius 3 is 2.64 bits per heavy atom. The number of rotatable bonds is 6. The fraction of sp³-hybridized carbons (Fsp3) is 0.562. The van der Waals surface area contributed by atoms with Gasteiger partial charge in [0.2, 0.25) is 15.9 Å². The van der Waals surface area contributed by atoms with Crippen LogP contribution in [0, 0.1) is 5.92 Å². The standard InChI is InChI=1S/C16H24N2O3S/c1-4-22(20,21)17-14(11-12(2)3)16(19)18-10-9-13-7-5-6-8-15(13)18/h5-8,12,14,17H,4,9-11H2,1-3H3/t14-/m1/s1. The van der Waals surface area contributed by atoms with Gasteiger partial charge in [0.05, 0.1) is 5.75 Å². The van der Waals surface area contributed by atoms with Gasteiger partial charge in [-0.3, -0.25) is 4.79 Å². The summed E-state index contributed by atoms with van der Waals surface area (Å²) in [5.74, 6) is 0.0490. The molecule has 0 aromatic heterocycles. The summed E-state index contributed by atoms with van der Waals surface area (Å²) in [6, 6.07) is 7.09. The maximum atomic E-state index is 12.8. The molecule has 1 atom stereocenters. The zero-order chi connectivity index (χ0) is 16.3. The highest BCUT2D eigenvalue weighted by molar-refractivity contribution is 7.89. The number of benzene rings is 1. The van der Waals surface area contributed by atoms with Crippen LogP contribution in [0.5, 0.6) is 0 Å². The Labute approximate surface area is 132 Å². The second kappa shape index (κ2) is 6.79. The van der Waals surface area contributed by atoms with Crippen molar-refractivity contribution in [1.82, 2.24) is 4.72 Å². The molecule has 1 aliphatic heterocycles. The summed E-state index contributed by atoms with van der Waals surface area (Å²) in [5, 5.41) is 0. The van der Waals surface area contributed by atoms with E-state index >= 15 is 0 Å². The van der Waals surface area contributed by atoms with Crippen molar-refractivity contribution in [2.45, 2.75) is 39.7 Å². The first kappa shape index (κ1) is 17.0. The smallest absolute Gasteiger partial charge is 0.245 e. The number of hydrogen-bond donors (Lipinski definition) is 1. The lowest BCUT2D eigenvalue weighted by Gasteiger charge is -2.25. The van der Waals surface area contributed by atoms with Crippen LogP contribution < -0.4 is 9.62 Å². The van der Waals surface area contributed by atoms with E-state index in [1.807, 2.05) is 38.1 Å². The predicted octanol–water partition coefficient (Wildman–Crippen LogP) is 1.93. The second-order valence-corrected chi connectivity index (χ2v) is 8.11. The summed E-state index contributed by atoms with van der Waals surface area (Å²) in [5.41, 5.74) is 2.04. The van der Waals surface area contributed by atoms with Crippen molar-refractivity contribution in [2.75, 3.05) is 17.2 Å². The molecule has 0 saturated carbocycles. The molecule has 0 saturated heterocycles. The van der Waals surface area contributed by atoms with Crippen molar-refractivity contribution in [3.63, 3.8) is 0 Å². The minimum Gasteiger partial charge on any atom is -0.310 e. The molecule has 1 amide bonds. The number of amides is 1. The Hall–Kier alpha value is -1.40. The highest BCUT2D eigenvalue weighted by Gasteiger charge is 2.32. The fourth-order valence-electron chi connectivity index (χ4n) is 2.73. The van der Waals surface area contributed by atoms with Crippen LogP contribution in [-0.4, -0.2) is 32.7 Å². The van der Waals surface area contributed by atoms with Crippen LogP contribution in [0.3, 0.4) is 0 Å². The summed E-state index contributed by atoms with van der Waals surface area (Å²) >= 11 is 0. The Bertz CT molecular complexity index is 641. The first-order valence-corrected chi connectivity index (χ1v) is 9.38. The molecule has 0 unspecified atom stereocenters. The molecule has 0 fully saturated rings. The molecule has 1 aliphatic rings. The van der Waals surface area contributed by atoms with Crippen molar-refractivity contribution in [2.24, 2.45) is 5.92 Å². The van der Waals surface area contributed by atoms with Crippen LogP contribution in [0.15, 0.2) is 24.3 Å². The molecule has 0 bridgehead atoms. The third-order valence-electron chi connectivity index (χ3n) is 3.86. The largest absolute Gasteiger partial charge is 0.310 e. The van der Waals surface area contributed by atoms with Crippen molar-refractivity contribution < 1.29 is 13.2 Å². The average Bonchev–Trinajstić information content (AvgIpc) is 2.89. The van der Waals surface area contributed by atoms with Crippen molar-refractivity contribution in [3.8, 4) is 0 Å². The van der Waals surface area contributed by atoms with E-state index in [9.17, 15) is 13.2 Å². The van der Waals surface area contributed by atoms with E-state index in [-0.39, 0.29) is 17.6 Å². The summed E-state index contributed by atoms with van der Waals surface area (Å²) in [4.78, 5) is 14.5. The van der Waals surface area contributed by atoms with E-state index in [2.05, 4.69) is 4.72 Å². The van der Waals surface area contributed by atoms with E-state index in [1.165, 1.54) is 0 Å². The lowest BCUT2D eigenvalue weighted by molar-refractivity contribution is -0.120. The van der Waals surface area contributed by atoms with E-state index in [0.29, 0.717) is 13.0 Å². The summed E-state index contributed by atoms with van der Waals surface area (Å²) in [6.45, 7) is 6.15. The van der Waals surface area contributed by atoms with Gasteiger partial charge in [-0.1, -0.05) is 32.0 Å². The third-order valence-corrected chi connectivity index (χ3v) is 5.26. The van der Waals surface area contributed by atoms with Crippen LogP contribution in [0.4, 0.5) is 5.69 Å². The second-order valence-electron chi connectivity index (χ2n) is 6.07. The van der Waals surface area contributed by atoms with Crippen LogP contribution >= 0.6 is 0 Å². The molecule has 0 spiro atoms. The lowest BCUT2D eigenvalue weighted by atomic mass is 10.0. The van der Waals surface area contributed by atoms with E-state index in [1.54, 1.807) is 11.8 Å². The van der Waals surface area contributed by atoms with Gasteiger partial charge in [0, 0.05) is 12.2 Å². The number of anilines is 1. The summed E-state index contributed by atoms with van der Waals surface area (Å²) in [7, 11) is -3.41. The third kappa shape index (κ3) is 3.87. The van der Waals surface area contributed by atoms with Crippen molar-refractivity contribution in [3.05, 3.63) is 29.8 Å². The Morgan fingerprint density at radius 2 is 2.00 bits per heavy atom. The van der Waals surface area contributed by atoms with Crippen LogP contribution in [0.2, 0.25) is 0 Å². The first-order chi connectivity index (χ1) is 10.3. The van der Waals surface area contributed by atoms with Gasteiger partial charge in [-0.25, -0.2) is 13.1 Å². The number of fused-ring (bicyclic) bond motifs is 1. The molecule has 1 aromatic rings. The normalized spacial score (nSPS) is 15.9. The number of nitrogens with one attached hydrogen (secondary N) is 1. The van der Waals surface area contributed by atoms with Crippen molar-refractivity contribution >= 4 is 21.6 Å². The number of carbonyl (C=O) groups excluding carboxylic acids is 1. The molecular weight excluding hydrogens is 300 g/mol. The number of carbonyl (C=O) groups is 1. The zero-order valence-corrected chi connectivity index (χ0v) is 14.2. The Balaban J connectivity index is 2.23. The van der Waals surface area contributed by atoms with Gasteiger partial charge in [0.25, 0.3) is 0 Å². The fourth-order valence-corrected chi connectivity index (χ4v) is 3.52. The number of nitrogens with zero attached hydrogens (tertiary/aromatic N) is 1. The van der Waals surface area contributed by atoms with Gasteiger partial charge < -0.3 is 4.90 Å². The molecule has 6 heteroatoms. The van der Waals surface area contributed by atoms with E-state index < -0.39 is 16.1 Å². The van der Waals surface area contributed by atoms with Crippen molar-refractivity contribution in [1.29, 1.82) is 0 Å². The molecule has 0 aliphatic carbocycles. The topological polar surface area (TPSA) is 66.5 Å². The molecule has 5 nitrogen and oxygen atoms in total. The van der Waals surface area contributed by atoms with E-state index in [4.69, 9.17) is 0 Å². The molecule has 0 radical (unpaired) electrons. The maximum Gasteiger partial charge on any atom is 0.245 e. The van der Waals surface area contributed by atoms with Gasteiger partial charge in [-0.2, -0.15) is 0 Å². The van der Waals surface area contributed by atoms with Crippen LogP contribution in [-0.2, 0) is 21.2 Å². The first-order valence-electron chi connectivity index (χ1n) is 7.73. The van der Waals surface area contributed by atoms with Gasteiger partial charge >= 0.3 is 0 Å². The van der Waals surface area contributed by atoms with Gasteiger partial charge in [-0.15, -0.1) is 0 Å². The van der Waals surface area contributed by atoms with Gasteiger partial charge in [-0.05, 0) is 37.3 Å². The summed E-state index contributed by atoms with van der Waals surface area (Å²) in [6.07, 6.45) is 1.31. The number of sulfonamides is 1. The monoisotopic (exact) mass is 324 g/mol. The highest BCUT2D eigenvalue weighted by atomic mass is 32.2. The highest BCUT2D eigenvalue weighted by Crippen LogP contribution is 2.28. The Kier molecular flexibility index (Phi) is 5.24. The minimum atomic E-state index is -3.41. The van der Waals surface area contributed by atoms with Crippen LogP contribution in [0.1, 0.15) is 32.8 Å². The quantitative estimate of drug-likeness (QED) is 0.869. The molecular formula is C16H24N2O3S. The zero-order valence-electron chi connectivity index (χ0n) is 13.4. The van der Waals surface area contributed by atoms with Gasteiger partial charge in [0.1, 0.15) is 6.04 Å². The van der Waals surface area contributed by atoms with E-state index in [0.717, 1.165) is 17.7 Å². The number of para-hydroxylation sites is 1.